The number of carbonyl (C=O) groups is 2. The molecule has 0 saturated carbocycles. The minimum Gasteiger partial charge on any atom is -0.370 e. The zero-order valence-electron chi connectivity index (χ0n) is 12.9. The van der Waals surface area contributed by atoms with Gasteiger partial charge in [0.25, 0.3) is 5.91 Å². The molecule has 3 saturated heterocycles. The van der Waals surface area contributed by atoms with Gasteiger partial charge in [0.1, 0.15) is 0 Å². The second-order valence-electron chi connectivity index (χ2n) is 6.71. The predicted molar refractivity (Wildman–Crippen MR) is 88.8 cm³/mol. The van der Waals surface area contributed by atoms with E-state index in [0.29, 0.717) is 30.1 Å². The summed E-state index contributed by atoms with van der Waals surface area (Å²) in [6.45, 7) is 3.30. The lowest BCUT2D eigenvalue weighted by Crippen LogP contribution is -2.35. The third-order valence-electron chi connectivity index (χ3n) is 5.16. The molecule has 3 aliphatic rings. The van der Waals surface area contributed by atoms with E-state index in [1.807, 2.05) is 17.0 Å². The van der Waals surface area contributed by atoms with Gasteiger partial charge in [-0.1, -0.05) is 11.6 Å². The first-order chi connectivity index (χ1) is 11.1. The number of carbonyl (C=O) groups excluding carboxylic acids is 2. The molecule has 122 valence electrons. The van der Waals surface area contributed by atoms with Crippen molar-refractivity contribution in [2.24, 2.45) is 5.92 Å². The average molecular weight is 334 g/mol. The lowest BCUT2D eigenvalue weighted by atomic mass is 10.1. The Balaban J connectivity index is 1.49. The van der Waals surface area contributed by atoms with Gasteiger partial charge in [-0.25, -0.2) is 0 Å². The zero-order valence-corrected chi connectivity index (χ0v) is 13.7. The number of hydrogen-bond acceptors (Lipinski definition) is 3. The summed E-state index contributed by atoms with van der Waals surface area (Å²) >= 11 is 6.41. The van der Waals surface area contributed by atoms with Crippen molar-refractivity contribution in [1.29, 1.82) is 0 Å². The monoisotopic (exact) mass is 333 g/mol. The molecular weight excluding hydrogens is 314 g/mol. The van der Waals surface area contributed by atoms with E-state index in [-0.39, 0.29) is 23.8 Å². The molecule has 0 aromatic heterocycles. The SMILES string of the molecule is O=C1C[C@H]2CN(C(=O)c3ccc(N4CCCC4)c(Cl)c3)C[C@H]2N1. The Hall–Kier alpha value is -1.75. The summed E-state index contributed by atoms with van der Waals surface area (Å²) in [4.78, 5) is 28.2. The maximum Gasteiger partial charge on any atom is 0.253 e. The van der Waals surface area contributed by atoms with E-state index in [1.54, 1.807) is 6.07 Å². The molecule has 0 radical (unpaired) electrons. The highest BCUT2D eigenvalue weighted by Gasteiger charge is 2.41. The van der Waals surface area contributed by atoms with E-state index in [4.69, 9.17) is 11.6 Å². The first kappa shape index (κ1) is 14.8. The first-order valence-corrected chi connectivity index (χ1v) is 8.63. The predicted octanol–water partition coefficient (Wildman–Crippen LogP) is 1.90. The highest BCUT2D eigenvalue weighted by atomic mass is 35.5. The molecule has 0 spiro atoms. The number of nitrogens with zero attached hydrogens (tertiary/aromatic N) is 2. The third-order valence-corrected chi connectivity index (χ3v) is 5.47. The quantitative estimate of drug-likeness (QED) is 0.899. The van der Waals surface area contributed by atoms with Crippen molar-refractivity contribution in [2.45, 2.75) is 25.3 Å². The van der Waals surface area contributed by atoms with Gasteiger partial charge in [-0.05, 0) is 31.0 Å². The van der Waals surface area contributed by atoms with Crippen LogP contribution in [0.4, 0.5) is 5.69 Å². The van der Waals surface area contributed by atoms with Gasteiger partial charge in [0.05, 0.1) is 16.8 Å². The molecule has 23 heavy (non-hydrogen) atoms. The average Bonchev–Trinajstić information content (AvgIpc) is 3.22. The van der Waals surface area contributed by atoms with E-state index in [0.717, 1.165) is 18.8 Å². The summed E-state index contributed by atoms with van der Waals surface area (Å²) < 4.78 is 0. The van der Waals surface area contributed by atoms with Crippen LogP contribution in [0.15, 0.2) is 18.2 Å². The van der Waals surface area contributed by atoms with E-state index in [9.17, 15) is 9.59 Å². The summed E-state index contributed by atoms with van der Waals surface area (Å²) in [6.07, 6.45) is 2.92. The van der Waals surface area contributed by atoms with Crippen molar-refractivity contribution in [2.75, 3.05) is 31.1 Å². The number of rotatable bonds is 2. The fourth-order valence-electron chi connectivity index (χ4n) is 3.95. The van der Waals surface area contributed by atoms with E-state index in [1.165, 1.54) is 12.8 Å². The maximum atomic E-state index is 12.7. The molecule has 3 fully saturated rings. The second-order valence-corrected chi connectivity index (χ2v) is 7.12. The maximum absolute atomic E-state index is 12.7. The van der Waals surface area contributed by atoms with Crippen molar-refractivity contribution < 1.29 is 9.59 Å². The Labute approximate surface area is 140 Å². The molecule has 1 aromatic rings. The highest BCUT2D eigenvalue weighted by Crippen LogP contribution is 2.31. The second kappa shape index (κ2) is 5.71. The molecule has 1 N–H and O–H groups in total. The molecule has 5 nitrogen and oxygen atoms in total. The van der Waals surface area contributed by atoms with Crippen LogP contribution in [-0.4, -0.2) is 48.9 Å². The molecule has 0 bridgehead atoms. The van der Waals surface area contributed by atoms with Crippen molar-refractivity contribution in [1.82, 2.24) is 10.2 Å². The molecule has 2 atom stereocenters. The number of fused-ring (bicyclic) bond motifs is 1. The van der Waals surface area contributed by atoms with Crippen LogP contribution in [0.1, 0.15) is 29.6 Å². The normalized spacial score (nSPS) is 26.6. The van der Waals surface area contributed by atoms with Crippen LogP contribution < -0.4 is 10.2 Å². The largest absolute Gasteiger partial charge is 0.370 e. The fraction of sp³-hybridized carbons (Fsp3) is 0.529. The van der Waals surface area contributed by atoms with Crippen LogP contribution in [0.2, 0.25) is 5.02 Å². The number of likely N-dealkylation sites (tertiary alicyclic amines) is 1. The van der Waals surface area contributed by atoms with Crippen LogP contribution >= 0.6 is 11.6 Å². The third kappa shape index (κ3) is 2.67. The zero-order chi connectivity index (χ0) is 16.0. The molecule has 6 heteroatoms. The van der Waals surface area contributed by atoms with Crippen molar-refractivity contribution in [3.05, 3.63) is 28.8 Å². The van der Waals surface area contributed by atoms with Gasteiger partial charge in [0, 0.05) is 44.1 Å². The Morgan fingerprint density at radius 1 is 1.22 bits per heavy atom. The van der Waals surface area contributed by atoms with Crippen LogP contribution in [-0.2, 0) is 4.79 Å². The topological polar surface area (TPSA) is 52.7 Å². The van der Waals surface area contributed by atoms with Gasteiger partial charge >= 0.3 is 0 Å². The number of hydrogen-bond donors (Lipinski definition) is 1. The first-order valence-electron chi connectivity index (χ1n) is 8.25. The lowest BCUT2D eigenvalue weighted by Gasteiger charge is -2.21. The summed E-state index contributed by atoms with van der Waals surface area (Å²) in [7, 11) is 0. The Morgan fingerprint density at radius 2 is 2.00 bits per heavy atom. The van der Waals surface area contributed by atoms with Gasteiger partial charge in [-0.2, -0.15) is 0 Å². The summed E-state index contributed by atoms with van der Waals surface area (Å²) in [5.41, 5.74) is 1.65. The van der Waals surface area contributed by atoms with Gasteiger partial charge < -0.3 is 15.1 Å². The van der Waals surface area contributed by atoms with Crippen molar-refractivity contribution in [3.8, 4) is 0 Å². The number of amides is 2. The minimum absolute atomic E-state index is 0.00326. The highest BCUT2D eigenvalue weighted by molar-refractivity contribution is 6.33. The molecule has 2 amide bonds. The lowest BCUT2D eigenvalue weighted by molar-refractivity contribution is -0.119. The van der Waals surface area contributed by atoms with E-state index < -0.39 is 0 Å². The van der Waals surface area contributed by atoms with Crippen LogP contribution in [0, 0.1) is 5.92 Å². The van der Waals surface area contributed by atoms with E-state index >= 15 is 0 Å². The number of anilines is 1. The molecule has 1 aromatic carbocycles. The van der Waals surface area contributed by atoms with Crippen molar-refractivity contribution >= 4 is 29.1 Å². The molecular formula is C17H20ClN3O2. The van der Waals surface area contributed by atoms with Crippen LogP contribution in [0.3, 0.4) is 0 Å². The number of halogens is 1. The smallest absolute Gasteiger partial charge is 0.253 e. The fourth-order valence-corrected chi connectivity index (χ4v) is 4.25. The standard InChI is InChI=1S/C17H20ClN3O2/c18-13-7-11(3-4-15(13)20-5-1-2-6-20)17(23)21-9-12-8-16(22)19-14(12)10-21/h3-4,7,12,14H,1-2,5-6,8-10H2,(H,19,22)/t12-,14+/m0/s1. The van der Waals surface area contributed by atoms with Crippen molar-refractivity contribution in [3.63, 3.8) is 0 Å². The van der Waals surface area contributed by atoms with Crippen LogP contribution in [0.5, 0.6) is 0 Å². The van der Waals surface area contributed by atoms with Crippen LogP contribution in [0.25, 0.3) is 0 Å². The number of nitrogens with one attached hydrogen (secondary N) is 1. The van der Waals surface area contributed by atoms with Gasteiger partial charge in [0.2, 0.25) is 5.91 Å². The molecule has 3 heterocycles. The Kier molecular flexibility index (Phi) is 3.68. The van der Waals surface area contributed by atoms with Gasteiger partial charge in [-0.15, -0.1) is 0 Å². The summed E-state index contributed by atoms with van der Waals surface area (Å²) in [5, 5.41) is 3.59. The summed E-state index contributed by atoms with van der Waals surface area (Å²) in [5.74, 6) is 0.361. The van der Waals surface area contributed by atoms with Gasteiger partial charge in [0.15, 0.2) is 0 Å². The minimum atomic E-state index is 0.00326. The van der Waals surface area contributed by atoms with E-state index in [2.05, 4.69) is 10.2 Å². The molecule has 0 aliphatic carbocycles. The summed E-state index contributed by atoms with van der Waals surface area (Å²) in [6, 6.07) is 5.73. The molecule has 4 rings (SSSR count). The Bertz CT molecular complexity index is 641. The molecule has 3 aliphatic heterocycles. The number of benzene rings is 1. The Morgan fingerprint density at radius 3 is 2.70 bits per heavy atom. The van der Waals surface area contributed by atoms with Gasteiger partial charge in [-0.3, -0.25) is 9.59 Å². The molecule has 0 unspecified atom stereocenters.